The Morgan fingerprint density at radius 3 is 2.76 bits per heavy atom. The molecule has 0 radical (unpaired) electrons. The third-order valence-electron chi connectivity index (χ3n) is 3.20. The summed E-state index contributed by atoms with van der Waals surface area (Å²) in [4.78, 5) is 7.94. The van der Waals surface area contributed by atoms with Gasteiger partial charge in [0, 0.05) is 16.0 Å². The largest absolute Gasteiger partial charge is 0.342 e. The fourth-order valence-corrected chi connectivity index (χ4v) is 2.57. The first kappa shape index (κ1) is 11.2. The minimum absolute atomic E-state index is 0.549. The molecule has 0 spiro atoms. The van der Waals surface area contributed by atoms with Gasteiger partial charge in [0.05, 0.1) is 11.9 Å². The molecule has 1 aliphatic rings. The third-order valence-corrected chi connectivity index (χ3v) is 3.92. The van der Waals surface area contributed by atoms with Crippen molar-refractivity contribution in [2.75, 3.05) is 13.1 Å². The van der Waals surface area contributed by atoms with E-state index in [2.05, 4.69) is 62.1 Å². The number of hydrogen-bond donors (Lipinski definition) is 2. The Hall–Kier alpha value is -0.880. The second kappa shape index (κ2) is 4.78. The molecule has 1 aliphatic heterocycles. The van der Waals surface area contributed by atoms with Crippen molar-refractivity contribution in [2.45, 2.75) is 12.3 Å². The van der Waals surface area contributed by atoms with E-state index in [9.17, 15) is 0 Å². The molecule has 0 saturated carbocycles. The van der Waals surface area contributed by atoms with Crippen LogP contribution in [0.2, 0.25) is 0 Å². The number of halogens is 1. The Balaban J connectivity index is 1.86. The third kappa shape index (κ3) is 2.37. The van der Waals surface area contributed by atoms with Gasteiger partial charge in [-0.1, -0.05) is 12.1 Å². The monoisotopic (exact) mass is 339 g/mol. The lowest BCUT2D eigenvalue weighted by atomic mass is 10.1. The molecule has 3 rings (SSSR count). The first-order valence-corrected chi connectivity index (χ1v) is 6.92. The summed E-state index contributed by atoms with van der Waals surface area (Å²) in [6.07, 6.45) is 3.12. The highest BCUT2D eigenvalue weighted by molar-refractivity contribution is 14.1. The zero-order valence-electron chi connectivity index (χ0n) is 9.41. The quantitative estimate of drug-likeness (QED) is 0.826. The molecule has 1 saturated heterocycles. The topological polar surface area (TPSA) is 40.7 Å². The van der Waals surface area contributed by atoms with Crippen molar-refractivity contribution < 1.29 is 0 Å². The van der Waals surface area contributed by atoms with Crippen molar-refractivity contribution in [3.63, 3.8) is 0 Å². The van der Waals surface area contributed by atoms with E-state index in [-0.39, 0.29) is 0 Å². The Morgan fingerprint density at radius 2 is 2.06 bits per heavy atom. The average molecular weight is 339 g/mol. The van der Waals surface area contributed by atoms with Crippen LogP contribution >= 0.6 is 22.6 Å². The summed E-state index contributed by atoms with van der Waals surface area (Å²) < 4.78 is 1.26. The number of H-pyrrole nitrogens is 1. The smallest absolute Gasteiger partial charge is 0.110 e. The van der Waals surface area contributed by atoms with Crippen LogP contribution in [0.25, 0.3) is 11.3 Å². The molecule has 2 heterocycles. The normalized spacial score (nSPS) is 19.7. The Labute approximate surface area is 114 Å². The Morgan fingerprint density at radius 1 is 1.24 bits per heavy atom. The van der Waals surface area contributed by atoms with Crippen molar-refractivity contribution in [2.24, 2.45) is 0 Å². The predicted molar refractivity (Wildman–Crippen MR) is 77.0 cm³/mol. The van der Waals surface area contributed by atoms with Crippen LogP contribution in [0.4, 0.5) is 0 Å². The number of rotatable bonds is 2. The van der Waals surface area contributed by atoms with E-state index in [1.165, 1.54) is 15.6 Å². The predicted octanol–water partition coefficient (Wildman–Crippen LogP) is 2.76. The van der Waals surface area contributed by atoms with Gasteiger partial charge in [0.15, 0.2) is 0 Å². The van der Waals surface area contributed by atoms with E-state index in [0.29, 0.717) is 5.92 Å². The maximum Gasteiger partial charge on any atom is 0.110 e. The lowest BCUT2D eigenvalue weighted by Gasteiger charge is -2.03. The van der Waals surface area contributed by atoms with Crippen LogP contribution in [-0.2, 0) is 0 Å². The SMILES string of the molecule is Ic1ccc(-c2cnc(C3CCNC3)[nH]2)cc1. The molecule has 0 bridgehead atoms. The highest BCUT2D eigenvalue weighted by Crippen LogP contribution is 2.23. The summed E-state index contributed by atoms with van der Waals surface area (Å²) in [6.45, 7) is 2.14. The lowest BCUT2D eigenvalue weighted by Crippen LogP contribution is -2.08. The summed E-state index contributed by atoms with van der Waals surface area (Å²) in [5.41, 5.74) is 2.32. The maximum absolute atomic E-state index is 4.50. The molecule has 0 amide bonds. The van der Waals surface area contributed by atoms with Gasteiger partial charge in [-0.15, -0.1) is 0 Å². The zero-order valence-corrected chi connectivity index (χ0v) is 11.6. The molecule has 17 heavy (non-hydrogen) atoms. The first-order valence-electron chi connectivity index (χ1n) is 5.84. The maximum atomic E-state index is 4.50. The van der Waals surface area contributed by atoms with Gasteiger partial charge < -0.3 is 10.3 Å². The van der Waals surface area contributed by atoms with Gasteiger partial charge in [0.2, 0.25) is 0 Å². The highest BCUT2D eigenvalue weighted by atomic mass is 127. The first-order chi connectivity index (χ1) is 8.33. The molecular weight excluding hydrogens is 325 g/mol. The molecule has 1 atom stereocenters. The number of aromatic amines is 1. The average Bonchev–Trinajstić information content (AvgIpc) is 3.00. The summed E-state index contributed by atoms with van der Waals surface area (Å²) in [7, 11) is 0. The molecule has 0 aliphatic carbocycles. The fourth-order valence-electron chi connectivity index (χ4n) is 2.21. The van der Waals surface area contributed by atoms with Crippen LogP contribution in [-0.4, -0.2) is 23.1 Å². The molecule has 1 aromatic heterocycles. The van der Waals surface area contributed by atoms with E-state index >= 15 is 0 Å². The number of hydrogen-bond acceptors (Lipinski definition) is 2. The Bertz CT molecular complexity index is 498. The van der Waals surface area contributed by atoms with Gasteiger partial charge >= 0.3 is 0 Å². The number of nitrogens with zero attached hydrogens (tertiary/aromatic N) is 1. The Kier molecular flexibility index (Phi) is 3.15. The highest BCUT2D eigenvalue weighted by Gasteiger charge is 2.19. The van der Waals surface area contributed by atoms with E-state index < -0.39 is 0 Å². The van der Waals surface area contributed by atoms with E-state index in [1.807, 2.05) is 6.20 Å². The second-order valence-corrected chi connectivity index (χ2v) is 5.62. The van der Waals surface area contributed by atoms with Crippen LogP contribution in [0.15, 0.2) is 30.5 Å². The van der Waals surface area contributed by atoms with Crippen LogP contribution in [0.5, 0.6) is 0 Å². The van der Waals surface area contributed by atoms with Gasteiger partial charge in [-0.3, -0.25) is 0 Å². The minimum atomic E-state index is 0.549. The molecule has 88 valence electrons. The van der Waals surface area contributed by atoms with E-state index in [1.54, 1.807) is 0 Å². The second-order valence-electron chi connectivity index (χ2n) is 4.38. The molecule has 1 fully saturated rings. The standard InChI is InChI=1S/C13H14IN3/c14-11-3-1-9(2-4-11)12-8-16-13(17-12)10-5-6-15-7-10/h1-4,8,10,15H,5-7H2,(H,16,17). The van der Waals surface area contributed by atoms with Crippen LogP contribution in [0.1, 0.15) is 18.2 Å². The lowest BCUT2D eigenvalue weighted by molar-refractivity contribution is 0.715. The fraction of sp³-hybridized carbons (Fsp3) is 0.308. The molecule has 2 N–H and O–H groups in total. The zero-order chi connectivity index (χ0) is 11.7. The summed E-state index contributed by atoms with van der Waals surface area (Å²) in [5, 5.41) is 3.37. The molecule has 2 aromatic rings. The number of imidazole rings is 1. The number of aromatic nitrogens is 2. The number of nitrogens with one attached hydrogen (secondary N) is 2. The van der Waals surface area contributed by atoms with Gasteiger partial charge in [0.25, 0.3) is 0 Å². The van der Waals surface area contributed by atoms with Crippen molar-refractivity contribution >= 4 is 22.6 Å². The summed E-state index contributed by atoms with van der Waals surface area (Å²) in [5.74, 6) is 1.66. The van der Waals surface area contributed by atoms with Crippen LogP contribution in [0, 0.1) is 3.57 Å². The van der Waals surface area contributed by atoms with E-state index in [0.717, 1.165) is 24.6 Å². The molecular formula is C13H14IN3. The van der Waals surface area contributed by atoms with Crippen molar-refractivity contribution in [1.29, 1.82) is 0 Å². The summed E-state index contributed by atoms with van der Waals surface area (Å²) in [6, 6.07) is 8.50. The van der Waals surface area contributed by atoms with Crippen LogP contribution < -0.4 is 5.32 Å². The van der Waals surface area contributed by atoms with Gasteiger partial charge in [-0.25, -0.2) is 4.98 Å². The minimum Gasteiger partial charge on any atom is -0.342 e. The van der Waals surface area contributed by atoms with Crippen LogP contribution in [0.3, 0.4) is 0 Å². The summed E-state index contributed by atoms with van der Waals surface area (Å²) >= 11 is 2.32. The van der Waals surface area contributed by atoms with E-state index in [4.69, 9.17) is 0 Å². The molecule has 1 aromatic carbocycles. The van der Waals surface area contributed by atoms with Crippen molar-refractivity contribution in [3.8, 4) is 11.3 Å². The van der Waals surface area contributed by atoms with Crippen molar-refractivity contribution in [1.82, 2.24) is 15.3 Å². The molecule has 1 unspecified atom stereocenters. The van der Waals surface area contributed by atoms with Gasteiger partial charge in [-0.2, -0.15) is 0 Å². The molecule has 4 heteroatoms. The number of benzene rings is 1. The van der Waals surface area contributed by atoms with Gasteiger partial charge in [-0.05, 0) is 53.3 Å². The van der Waals surface area contributed by atoms with Crippen molar-refractivity contribution in [3.05, 3.63) is 39.9 Å². The molecule has 3 nitrogen and oxygen atoms in total. The van der Waals surface area contributed by atoms with Gasteiger partial charge in [0.1, 0.15) is 5.82 Å².